The molecule has 1 aromatic heterocycles. The van der Waals surface area contributed by atoms with Crippen LogP contribution in [0.25, 0.3) is 0 Å². The number of halogens is 2. The van der Waals surface area contributed by atoms with Gasteiger partial charge in [0.25, 0.3) is 0 Å². The molecule has 110 valence electrons. The van der Waals surface area contributed by atoms with Gasteiger partial charge in [-0.25, -0.2) is 4.39 Å². The Bertz CT molecular complexity index is 665. The monoisotopic (exact) mass is 353 g/mol. The molecular weight excluding hydrogens is 341 g/mol. The summed E-state index contributed by atoms with van der Waals surface area (Å²) in [6.45, 7) is 1.12. The van der Waals surface area contributed by atoms with Crippen molar-refractivity contribution in [2.45, 2.75) is 12.5 Å². The summed E-state index contributed by atoms with van der Waals surface area (Å²) in [7, 11) is 0. The molecule has 0 saturated heterocycles. The standard InChI is InChI=1S/C15H13BrFNO3/c16-11-6-9(7-13-15(11)21-5-1-4-20-13)14(19)10-2-3-18-8-12(10)17/h2-3,6-8,14,19H,1,4-5H2. The number of nitrogens with zero attached hydrogens (tertiary/aromatic N) is 1. The molecule has 0 bridgehead atoms. The lowest BCUT2D eigenvalue weighted by atomic mass is 10.0. The topological polar surface area (TPSA) is 51.6 Å². The maximum Gasteiger partial charge on any atom is 0.175 e. The van der Waals surface area contributed by atoms with Gasteiger partial charge in [0.15, 0.2) is 11.5 Å². The van der Waals surface area contributed by atoms with Crippen molar-refractivity contribution < 1.29 is 19.0 Å². The first-order valence-electron chi connectivity index (χ1n) is 6.53. The van der Waals surface area contributed by atoms with E-state index >= 15 is 0 Å². The molecule has 1 aliphatic rings. The van der Waals surface area contributed by atoms with E-state index in [-0.39, 0.29) is 5.56 Å². The van der Waals surface area contributed by atoms with E-state index < -0.39 is 11.9 Å². The number of hydrogen-bond donors (Lipinski definition) is 1. The fourth-order valence-electron chi connectivity index (χ4n) is 2.20. The first kappa shape index (κ1) is 14.3. The quantitative estimate of drug-likeness (QED) is 0.900. The van der Waals surface area contributed by atoms with Crippen LogP contribution in [-0.2, 0) is 0 Å². The molecule has 0 radical (unpaired) electrons. The predicted molar refractivity (Wildman–Crippen MR) is 78.0 cm³/mol. The van der Waals surface area contributed by atoms with Gasteiger partial charge in [-0.2, -0.15) is 0 Å². The molecular formula is C15H13BrFNO3. The summed E-state index contributed by atoms with van der Waals surface area (Å²) in [6, 6.07) is 4.84. The molecule has 1 aromatic carbocycles. The number of pyridine rings is 1. The molecule has 1 atom stereocenters. The van der Waals surface area contributed by atoms with Gasteiger partial charge in [-0.1, -0.05) is 0 Å². The minimum atomic E-state index is -1.10. The second-order valence-corrected chi connectivity index (χ2v) is 5.53. The van der Waals surface area contributed by atoms with Gasteiger partial charge >= 0.3 is 0 Å². The molecule has 21 heavy (non-hydrogen) atoms. The van der Waals surface area contributed by atoms with Crippen molar-refractivity contribution in [2.24, 2.45) is 0 Å². The van der Waals surface area contributed by atoms with Crippen LogP contribution < -0.4 is 9.47 Å². The Morgan fingerprint density at radius 3 is 2.90 bits per heavy atom. The van der Waals surface area contributed by atoms with Gasteiger partial charge in [0.05, 0.1) is 23.9 Å². The Morgan fingerprint density at radius 2 is 2.10 bits per heavy atom. The third kappa shape index (κ3) is 2.87. The number of aliphatic hydroxyl groups excluding tert-OH is 1. The summed E-state index contributed by atoms with van der Waals surface area (Å²) in [4.78, 5) is 3.68. The molecule has 1 aliphatic heterocycles. The second-order valence-electron chi connectivity index (χ2n) is 4.68. The van der Waals surface area contributed by atoms with Crippen molar-refractivity contribution in [2.75, 3.05) is 13.2 Å². The first-order valence-corrected chi connectivity index (χ1v) is 7.32. The van der Waals surface area contributed by atoms with Crippen LogP contribution in [0.4, 0.5) is 4.39 Å². The van der Waals surface area contributed by atoms with Crippen LogP contribution in [-0.4, -0.2) is 23.3 Å². The number of fused-ring (bicyclic) bond motifs is 1. The van der Waals surface area contributed by atoms with Crippen LogP contribution in [0.15, 0.2) is 35.1 Å². The summed E-state index contributed by atoms with van der Waals surface area (Å²) in [5.41, 5.74) is 0.697. The molecule has 0 spiro atoms. The summed E-state index contributed by atoms with van der Waals surface area (Å²) < 4.78 is 25.6. The average molecular weight is 354 g/mol. The molecule has 0 saturated carbocycles. The number of aliphatic hydroxyl groups is 1. The lowest BCUT2D eigenvalue weighted by Gasteiger charge is -2.16. The van der Waals surface area contributed by atoms with Crippen LogP contribution in [0.3, 0.4) is 0 Å². The van der Waals surface area contributed by atoms with Gasteiger partial charge in [0.2, 0.25) is 0 Å². The van der Waals surface area contributed by atoms with Gasteiger partial charge in [0, 0.05) is 18.2 Å². The Hall–Kier alpha value is -1.66. The third-order valence-corrected chi connectivity index (χ3v) is 3.83. The van der Waals surface area contributed by atoms with Crippen molar-refractivity contribution in [3.63, 3.8) is 0 Å². The average Bonchev–Trinajstić information content (AvgIpc) is 2.72. The van der Waals surface area contributed by atoms with E-state index in [4.69, 9.17) is 9.47 Å². The maximum atomic E-state index is 13.7. The fraction of sp³-hybridized carbons (Fsp3) is 0.267. The molecule has 1 N–H and O–H groups in total. The van der Waals surface area contributed by atoms with E-state index in [1.807, 2.05) is 0 Å². The van der Waals surface area contributed by atoms with Crippen molar-refractivity contribution in [1.29, 1.82) is 0 Å². The summed E-state index contributed by atoms with van der Waals surface area (Å²) >= 11 is 3.40. The fourth-order valence-corrected chi connectivity index (χ4v) is 2.77. The van der Waals surface area contributed by atoms with Crippen LogP contribution in [0.5, 0.6) is 11.5 Å². The highest BCUT2D eigenvalue weighted by atomic mass is 79.9. The van der Waals surface area contributed by atoms with Crippen LogP contribution in [0, 0.1) is 5.82 Å². The maximum absolute atomic E-state index is 13.7. The van der Waals surface area contributed by atoms with Crippen molar-refractivity contribution >= 4 is 15.9 Å². The van der Waals surface area contributed by atoms with E-state index in [9.17, 15) is 9.50 Å². The summed E-state index contributed by atoms with van der Waals surface area (Å²) in [5, 5.41) is 10.4. The Labute approximate surface area is 129 Å². The van der Waals surface area contributed by atoms with Crippen LogP contribution in [0.1, 0.15) is 23.7 Å². The first-order chi connectivity index (χ1) is 10.2. The van der Waals surface area contributed by atoms with Crippen LogP contribution >= 0.6 is 15.9 Å². The van der Waals surface area contributed by atoms with Crippen molar-refractivity contribution in [3.8, 4) is 11.5 Å². The minimum absolute atomic E-state index is 0.173. The highest BCUT2D eigenvalue weighted by Crippen LogP contribution is 2.40. The summed E-state index contributed by atoms with van der Waals surface area (Å²) in [6.07, 6.45) is 2.22. The Balaban J connectivity index is 2.01. The van der Waals surface area contributed by atoms with Gasteiger partial charge in [0.1, 0.15) is 11.9 Å². The number of ether oxygens (including phenoxy) is 2. The van der Waals surface area contributed by atoms with Crippen LogP contribution in [0.2, 0.25) is 0 Å². The van der Waals surface area contributed by atoms with E-state index in [1.54, 1.807) is 12.1 Å². The lowest BCUT2D eigenvalue weighted by Crippen LogP contribution is -2.04. The smallest absolute Gasteiger partial charge is 0.175 e. The zero-order valence-corrected chi connectivity index (χ0v) is 12.6. The highest BCUT2D eigenvalue weighted by molar-refractivity contribution is 9.10. The van der Waals surface area contributed by atoms with E-state index in [0.29, 0.717) is 34.7 Å². The zero-order valence-electron chi connectivity index (χ0n) is 11.1. The Kier molecular flexibility index (Phi) is 4.07. The normalized spacial score (nSPS) is 15.4. The SMILES string of the molecule is OC(c1cc(Br)c2c(c1)OCCCO2)c1ccncc1F. The van der Waals surface area contributed by atoms with E-state index in [0.717, 1.165) is 12.6 Å². The van der Waals surface area contributed by atoms with E-state index in [1.165, 1.54) is 12.3 Å². The lowest BCUT2D eigenvalue weighted by molar-refractivity contribution is 0.213. The minimum Gasteiger partial charge on any atom is -0.490 e. The predicted octanol–water partition coefficient (Wildman–Crippen LogP) is 3.23. The van der Waals surface area contributed by atoms with Crippen molar-refractivity contribution in [1.82, 2.24) is 4.98 Å². The molecule has 1 unspecified atom stereocenters. The molecule has 0 amide bonds. The number of hydrogen-bond acceptors (Lipinski definition) is 4. The molecule has 2 heterocycles. The molecule has 2 aromatic rings. The number of benzene rings is 1. The summed E-state index contributed by atoms with van der Waals surface area (Å²) in [5.74, 6) is 0.609. The van der Waals surface area contributed by atoms with Crippen molar-refractivity contribution in [3.05, 3.63) is 52.0 Å². The third-order valence-electron chi connectivity index (χ3n) is 3.24. The Morgan fingerprint density at radius 1 is 1.29 bits per heavy atom. The van der Waals surface area contributed by atoms with Gasteiger partial charge < -0.3 is 14.6 Å². The number of aromatic nitrogens is 1. The zero-order chi connectivity index (χ0) is 14.8. The largest absolute Gasteiger partial charge is 0.490 e. The molecule has 0 fully saturated rings. The molecule has 3 rings (SSSR count). The van der Waals surface area contributed by atoms with Gasteiger partial charge in [-0.05, 0) is 39.7 Å². The van der Waals surface area contributed by atoms with Gasteiger partial charge in [-0.15, -0.1) is 0 Å². The molecule has 4 nitrogen and oxygen atoms in total. The number of rotatable bonds is 2. The van der Waals surface area contributed by atoms with E-state index in [2.05, 4.69) is 20.9 Å². The second kappa shape index (κ2) is 5.99. The van der Waals surface area contributed by atoms with Gasteiger partial charge in [-0.3, -0.25) is 4.98 Å². The molecule has 0 aliphatic carbocycles. The molecule has 6 heteroatoms. The highest BCUT2D eigenvalue weighted by Gasteiger charge is 2.21.